The number of hydrogen-bond donors (Lipinski definition) is 1. The first-order valence-corrected chi connectivity index (χ1v) is 11.8. The van der Waals surface area contributed by atoms with Gasteiger partial charge >= 0.3 is 0 Å². The Morgan fingerprint density at radius 3 is 2.18 bits per heavy atom. The molecule has 0 saturated carbocycles. The number of allylic oxidation sites excluding steroid dienone is 1. The van der Waals surface area contributed by atoms with E-state index in [9.17, 15) is 19.2 Å². The summed E-state index contributed by atoms with van der Waals surface area (Å²) >= 11 is 0. The van der Waals surface area contributed by atoms with Crippen LogP contribution in [0.4, 0.5) is 11.4 Å². The van der Waals surface area contributed by atoms with Crippen molar-refractivity contribution in [2.24, 2.45) is 0 Å². The zero-order valence-electron chi connectivity index (χ0n) is 20.4. The number of hydrogen-bond acceptors (Lipinski definition) is 5. The molecule has 1 N–H and O–H groups in total. The predicted molar refractivity (Wildman–Crippen MR) is 145 cm³/mol. The van der Waals surface area contributed by atoms with Gasteiger partial charge in [0.25, 0.3) is 17.7 Å². The molecule has 1 aliphatic rings. The van der Waals surface area contributed by atoms with Crippen LogP contribution in [0.15, 0.2) is 103 Å². The minimum Gasteiger partial charge on any atom is -0.495 e. The third-order valence-corrected chi connectivity index (χ3v) is 6.13. The lowest BCUT2D eigenvalue weighted by Crippen LogP contribution is -2.29. The van der Waals surface area contributed by atoms with Crippen molar-refractivity contribution < 1.29 is 23.9 Å². The van der Waals surface area contributed by atoms with Crippen molar-refractivity contribution in [3.8, 4) is 5.75 Å². The van der Waals surface area contributed by atoms with Crippen molar-refractivity contribution >= 4 is 41.0 Å². The third kappa shape index (κ3) is 4.73. The number of anilines is 2. The average Bonchev–Trinajstić information content (AvgIpc) is 3.21. The Morgan fingerprint density at radius 2 is 1.45 bits per heavy atom. The van der Waals surface area contributed by atoms with Gasteiger partial charge in [-0.25, -0.2) is 4.90 Å². The molecule has 0 saturated heterocycles. The molecule has 0 atom stereocenters. The van der Waals surface area contributed by atoms with E-state index in [-0.39, 0.29) is 22.5 Å². The largest absolute Gasteiger partial charge is 0.495 e. The second-order valence-electron chi connectivity index (χ2n) is 8.52. The lowest BCUT2D eigenvalue weighted by atomic mass is 10.1. The van der Waals surface area contributed by atoms with Crippen molar-refractivity contribution in [2.75, 3.05) is 17.3 Å². The van der Waals surface area contributed by atoms with Crippen LogP contribution in [0, 0.1) is 0 Å². The van der Waals surface area contributed by atoms with Crippen molar-refractivity contribution in [1.82, 2.24) is 0 Å². The van der Waals surface area contributed by atoms with Gasteiger partial charge in [0.15, 0.2) is 5.78 Å². The normalized spacial score (nSPS) is 12.5. The van der Waals surface area contributed by atoms with Gasteiger partial charge in [0.05, 0.1) is 23.9 Å². The molecule has 5 rings (SSSR count). The number of rotatable bonds is 7. The van der Waals surface area contributed by atoms with Gasteiger partial charge in [0.1, 0.15) is 5.75 Å². The first-order chi connectivity index (χ1) is 18.5. The summed E-state index contributed by atoms with van der Waals surface area (Å²) in [7, 11) is 1.46. The highest BCUT2D eigenvalue weighted by Gasteiger charge is 2.38. The maximum absolute atomic E-state index is 13.1. The summed E-state index contributed by atoms with van der Waals surface area (Å²) in [4.78, 5) is 52.3. The zero-order chi connectivity index (χ0) is 26.6. The lowest BCUT2D eigenvalue weighted by molar-refractivity contribution is 0.0923. The predicted octanol–water partition coefficient (Wildman–Crippen LogP) is 5.64. The van der Waals surface area contributed by atoms with Crippen LogP contribution in [0.2, 0.25) is 0 Å². The molecule has 4 aromatic carbocycles. The van der Waals surface area contributed by atoms with Gasteiger partial charge in [-0.1, -0.05) is 60.7 Å². The molecule has 1 aliphatic heterocycles. The fourth-order valence-corrected chi connectivity index (χ4v) is 4.17. The molecule has 0 fully saturated rings. The van der Waals surface area contributed by atoms with Gasteiger partial charge in [0, 0.05) is 16.8 Å². The molecular weight excluding hydrogens is 480 g/mol. The lowest BCUT2D eigenvalue weighted by Gasteiger charge is -2.16. The van der Waals surface area contributed by atoms with Crippen LogP contribution in [0.1, 0.15) is 47.0 Å². The van der Waals surface area contributed by atoms with E-state index < -0.39 is 17.7 Å². The molecule has 0 radical (unpaired) electrons. The van der Waals surface area contributed by atoms with E-state index in [4.69, 9.17) is 4.74 Å². The number of methoxy groups -OCH3 is 1. The number of carbonyl (C=O) groups is 4. The van der Waals surface area contributed by atoms with Crippen molar-refractivity contribution in [3.05, 3.63) is 131 Å². The summed E-state index contributed by atoms with van der Waals surface area (Å²) in [6.07, 6.45) is 3.21. The van der Waals surface area contributed by atoms with Gasteiger partial charge in [-0.2, -0.15) is 0 Å². The fraction of sp³-hybridized carbons (Fsp3) is 0.0323. The topological polar surface area (TPSA) is 92.8 Å². The summed E-state index contributed by atoms with van der Waals surface area (Å²) in [6, 6.07) is 27.1. The summed E-state index contributed by atoms with van der Waals surface area (Å²) in [5.74, 6) is -1.13. The summed E-state index contributed by atoms with van der Waals surface area (Å²) in [5, 5.41) is 2.79. The molecule has 7 heteroatoms. The van der Waals surface area contributed by atoms with Crippen molar-refractivity contribution in [1.29, 1.82) is 0 Å². The molecular formula is C31H22N2O5. The molecule has 4 aromatic rings. The van der Waals surface area contributed by atoms with Crippen molar-refractivity contribution in [2.45, 2.75) is 0 Å². The van der Waals surface area contributed by atoms with E-state index in [1.54, 1.807) is 66.7 Å². The van der Waals surface area contributed by atoms with E-state index in [0.29, 0.717) is 22.7 Å². The minimum atomic E-state index is -0.523. The highest BCUT2D eigenvalue weighted by molar-refractivity contribution is 6.35. The minimum absolute atomic E-state index is 0.100. The molecule has 0 spiro atoms. The maximum Gasteiger partial charge on any atom is 0.266 e. The Morgan fingerprint density at radius 1 is 0.763 bits per heavy atom. The van der Waals surface area contributed by atoms with Crippen LogP contribution in [-0.4, -0.2) is 30.6 Å². The van der Waals surface area contributed by atoms with Crippen LogP contribution in [0.25, 0.3) is 6.08 Å². The molecule has 38 heavy (non-hydrogen) atoms. The van der Waals surface area contributed by atoms with Crippen LogP contribution < -0.4 is 15.0 Å². The standard InChI is InChI=1S/C31H22N2O5/c1-38-28-10-6-5-9-26(28)33-30(36)24-17-14-22(19-25(24)31(33)37)29(35)32-23-15-11-20(12-16-23)13-18-27(34)21-7-3-2-4-8-21/h2-19H,1H3,(H,32,35)/b18-13+. The molecule has 0 bridgehead atoms. The van der Waals surface area contributed by atoms with E-state index in [0.717, 1.165) is 10.5 Å². The molecule has 3 amide bonds. The number of imide groups is 1. The Hall–Kier alpha value is -5.30. The number of para-hydroxylation sites is 2. The number of benzene rings is 4. The molecule has 0 aromatic heterocycles. The number of nitrogens with zero attached hydrogens (tertiary/aromatic N) is 1. The molecule has 0 aliphatic carbocycles. The molecule has 186 valence electrons. The smallest absolute Gasteiger partial charge is 0.266 e. The second-order valence-corrected chi connectivity index (χ2v) is 8.52. The number of fused-ring (bicyclic) bond motifs is 1. The molecule has 7 nitrogen and oxygen atoms in total. The van der Waals surface area contributed by atoms with E-state index >= 15 is 0 Å². The van der Waals surface area contributed by atoms with Crippen LogP contribution in [0.3, 0.4) is 0 Å². The highest BCUT2D eigenvalue weighted by Crippen LogP contribution is 2.35. The van der Waals surface area contributed by atoms with E-state index in [1.165, 1.54) is 31.4 Å². The quantitative estimate of drug-likeness (QED) is 0.200. The van der Waals surface area contributed by atoms with Gasteiger partial charge in [-0.15, -0.1) is 0 Å². The average molecular weight is 503 g/mol. The Bertz CT molecular complexity index is 1590. The number of carbonyl (C=O) groups excluding carboxylic acids is 4. The van der Waals surface area contributed by atoms with Gasteiger partial charge in [-0.3, -0.25) is 19.2 Å². The van der Waals surface area contributed by atoms with Crippen LogP contribution in [-0.2, 0) is 0 Å². The van der Waals surface area contributed by atoms with Crippen molar-refractivity contribution in [3.63, 3.8) is 0 Å². The maximum atomic E-state index is 13.1. The van der Waals surface area contributed by atoms with Crippen LogP contribution >= 0.6 is 0 Å². The molecule has 0 unspecified atom stereocenters. The SMILES string of the molecule is COc1ccccc1N1C(=O)c2ccc(C(=O)Nc3ccc(/C=C/C(=O)c4ccccc4)cc3)cc2C1=O. The second kappa shape index (κ2) is 10.4. The summed E-state index contributed by atoms with van der Waals surface area (Å²) < 4.78 is 5.31. The fourth-order valence-electron chi connectivity index (χ4n) is 4.17. The first kappa shape index (κ1) is 24.4. The van der Waals surface area contributed by atoms with Gasteiger partial charge in [0.2, 0.25) is 0 Å². The van der Waals surface area contributed by atoms with Crippen LogP contribution in [0.5, 0.6) is 5.75 Å². The highest BCUT2D eigenvalue weighted by atomic mass is 16.5. The number of nitrogens with one attached hydrogen (secondary N) is 1. The van der Waals surface area contributed by atoms with Gasteiger partial charge < -0.3 is 10.1 Å². The number of ether oxygens (including phenoxy) is 1. The summed E-state index contributed by atoms with van der Waals surface area (Å²) in [5.41, 5.74) is 2.89. The monoisotopic (exact) mass is 502 g/mol. The first-order valence-electron chi connectivity index (χ1n) is 11.8. The Labute approximate surface area is 219 Å². The summed E-state index contributed by atoms with van der Waals surface area (Å²) in [6.45, 7) is 0. The zero-order valence-corrected chi connectivity index (χ0v) is 20.4. The van der Waals surface area contributed by atoms with E-state index in [2.05, 4.69) is 5.32 Å². The third-order valence-electron chi connectivity index (χ3n) is 6.13. The van der Waals surface area contributed by atoms with Gasteiger partial charge in [-0.05, 0) is 54.1 Å². The number of amides is 3. The Balaban J connectivity index is 1.29. The number of ketones is 1. The Kier molecular flexibility index (Phi) is 6.65. The molecule has 1 heterocycles. The van der Waals surface area contributed by atoms with E-state index in [1.807, 2.05) is 18.2 Å².